The lowest BCUT2D eigenvalue weighted by atomic mass is 10.4. The number of nitrogens with zero attached hydrogens (tertiary/aromatic N) is 1. The average Bonchev–Trinajstić information content (AvgIpc) is 2.72. The monoisotopic (exact) mass is 349 g/mol. The first-order valence-corrected chi connectivity index (χ1v) is 7.40. The molecule has 0 aromatic carbocycles. The van der Waals surface area contributed by atoms with Crippen LogP contribution >= 0.6 is 41.2 Å². The van der Waals surface area contributed by atoms with Crippen LogP contribution in [0.1, 0.15) is 0 Å². The summed E-state index contributed by atoms with van der Waals surface area (Å²) in [4.78, 5) is 13.8. The fourth-order valence-corrected chi connectivity index (χ4v) is 2.47. The first kappa shape index (κ1) is 13.9. The van der Waals surface area contributed by atoms with Gasteiger partial charge in [-0.15, -0.1) is 0 Å². The third-order valence-electron chi connectivity index (χ3n) is 2.44. The number of rotatable bonds is 5. The van der Waals surface area contributed by atoms with Crippen molar-refractivity contribution < 1.29 is 8.83 Å². The zero-order chi connectivity index (χ0) is 13.1. The van der Waals surface area contributed by atoms with Gasteiger partial charge in [-0.2, -0.15) is 25.3 Å². The first-order chi connectivity index (χ1) is 8.67. The van der Waals surface area contributed by atoms with E-state index in [-0.39, 0.29) is 11.0 Å². The molecule has 0 saturated carbocycles. The van der Waals surface area contributed by atoms with Crippen molar-refractivity contribution in [1.29, 1.82) is 0 Å². The largest absolute Gasteiger partial charge is 0.456 e. The molecule has 2 rings (SSSR count). The second-order valence-corrected chi connectivity index (χ2v) is 5.37. The summed E-state index contributed by atoms with van der Waals surface area (Å²) in [6, 6.07) is 1.44. The van der Waals surface area contributed by atoms with Gasteiger partial charge in [0.1, 0.15) is 6.26 Å². The highest BCUT2D eigenvalue weighted by molar-refractivity contribution is 9.10. The number of thiol groups is 2. The van der Waals surface area contributed by atoms with E-state index in [4.69, 9.17) is 8.83 Å². The Balaban J connectivity index is 2.49. The number of hydrogen-bond acceptors (Lipinski definition) is 6. The maximum atomic E-state index is 11.9. The Morgan fingerprint density at radius 2 is 1.89 bits per heavy atom. The lowest BCUT2D eigenvalue weighted by molar-refractivity contribution is 0.564. The molecule has 0 unspecified atom stereocenters. The van der Waals surface area contributed by atoms with E-state index in [1.165, 1.54) is 12.3 Å². The number of halogens is 1. The molecule has 0 fully saturated rings. The lowest BCUT2D eigenvalue weighted by Crippen LogP contribution is -2.28. The smallest absolute Gasteiger partial charge is 0.230 e. The third-order valence-corrected chi connectivity index (χ3v) is 3.39. The van der Waals surface area contributed by atoms with Gasteiger partial charge < -0.3 is 13.7 Å². The third kappa shape index (κ3) is 2.73. The van der Waals surface area contributed by atoms with E-state index in [1.807, 2.05) is 4.90 Å². The van der Waals surface area contributed by atoms with E-state index in [0.29, 0.717) is 40.5 Å². The summed E-state index contributed by atoms with van der Waals surface area (Å²) in [6.07, 6.45) is 1.45. The van der Waals surface area contributed by atoms with E-state index in [9.17, 15) is 4.79 Å². The van der Waals surface area contributed by atoms with Crippen molar-refractivity contribution in [3.8, 4) is 0 Å². The van der Waals surface area contributed by atoms with Gasteiger partial charge in [0.25, 0.3) is 0 Å². The standard InChI is InChI=1S/C11H12BrNO3S2/c12-7-6-15-11-8(14)5-9(16-10(7)11)13(1-3-17)2-4-18/h5-6,17-18H,1-4H2. The second kappa shape index (κ2) is 6.08. The van der Waals surface area contributed by atoms with Gasteiger partial charge in [0.15, 0.2) is 11.5 Å². The Morgan fingerprint density at radius 3 is 2.50 bits per heavy atom. The van der Waals surface area contributed by atoms with Gasteiger partial charge in [0.2, 0.25) is 11.0 Å². The molecule has 2 aromatic heterocycles. The summed E-state index contributed by atoms with van der Waals surface area (Å²) in [5.74, 6) is 1.85. The van der Waals surface area contributed by atoms with Gasteiger partial charge in [0.05, 0.1) is 10.5 Å². The minimum atomic E-state index is -0.194. The van der Waals surface area contributed by atoms with Gasteiger partial charge in [-0.05, 0) is 15.9 Å². The highest BCUT2D eigenvalue weighted by Crippen LogP contribution is 2.27. The topological polar surface area (TPSA) is 46.6 Å². The SMILES string of the molecule is O=c1cc(N(CCS)CCS)oc2c(Br)coc12. The van der Waals surface area contributed by atoms with Crippen LogP contribution in [0.2, 0.25) is 0 Å². The normalized spacial score (nSPS) is 11.1. The molecule has 0 amide bonds. The van der Waals surface area contributed by atoms with Gasteiger partial charge in [-0.3, -0.25) is 4.79 Å². The van der Waals surface area contributed by atoms with Crippen LogP contribution in [0.5, 0.6) is 0 Å². The Kier molecular flexibility index (Phi) is 4.69. The van der Waals surface area contributed by atoms with Crippen molar-refractivity contribution in [3.63, 3.8) is 0 Å². The molecule has 0 saturated heterocycles. The van der Waals surface area contributed by atoms with Crippen LogP contribution in [0.25, 0.3) is 11.2 Å². The molecular weight excluding hydrogens is 338 g/mol. The van der Waals surface area contributed by atoms with Crippen molar-refractivity contribution in [1.82, 2.24) is 0 Å². The first-order valence-electron chi connectivity index (χ1n) is 5.35. The lowest BCUT2D eigenvalue weighted by Gasteiger charge is -2.20. The highest BCUT2D eigenvalue weighted by atomic mass is 79.9. The maximum Gasteiger partial charge on any atom is 0.230 e. The molecule has 2 aromatic rings. The molecule has 0 N–H and O–H groups in total. The summed E-state index contributed by atoms with van der Waals surface area (Å²) < 4.78 is 11.5. The van der Waals surface area contributed by atoms with Gasteiger partial charge in [-0.25, -0.2) is 0 Å². The molecule has 2 heterocycles. The summed E-state index contributed by atoms with van der Waals surface area (Å²) in [6.45, 7) is 1.38. The Bertz CT molecular complexity index is 589. The van der Waals surface area contributed by atoms with Crippen LogP contribution < -0.4 is 10.3 Å². The molecule has 0 aliphatic rings. The van der Waals surface area contributed by atoms with E-state index >= 15 is 0 Å². The molecule has 98 valence electrons. The summed E-state index contributed by atoms with van der Waals surface area (Å²) in [5.41, 5.74) is 0.462. The van der Waals surface area contributed by atoms with E-state index < -0.39 is 0 Å². The van der Waals surface area contributed by atoms with Gasteiger partial charge in [0, 0.05) is 24.6 Å². The van der Waals surface area contributed by atoms with E-state index in [1.54, 1.807) is 0 Å². The molecule has 0 bridgehead atoms. The van der Waals surface area contributed by atoms with Crippen LogP contribution in [-0.4, -0.2) is 24.6 Å². The Hall–Kier alpha value is -0.530. The highest BCUT2D eigenvalue weighted by Gasteiger charge is 2.15. The van der Waals surface area contributed by atoms with Gasteiger partial charge >= 0.3 is 0 Å². The van der Waals surface area contributed by atoms with Crippen molar-refractivity contribution in [3.05, 3.63) is 27.0 Å². The fourth-order valence-electron chi connectivity index (χ4n) is 1.63. The average molecular weight is 350 g/mol. The van der Waals surface area contributed by atoms with Gasteiger partial charge in [-0.1, -0.05) is 0 Å². The van der Waals surface area contributed by atoms with Crippen LogP contribution in [0.4, 0.5) is 5.88 Å². The molecule has 0 aliphatic heterocycles. The Labute approximate surface area is 123 Å². The molecule has 0 atom stereocenters. The van der Waals surface area contributed by atoms with Crippen LogP contribution in [0, 0.1) is 0 Å². The fraction of sp³-hybridized carbons (Fsp3) is 0.364. The number of furan rings is 1. The maximum absolute atomic E-state index is 11.9. The molecule has 0 spiro atoms. The predicted octanol–water partition coefficient (Wildman–Crippen LogP) is 2.81. The molecule has 4 nitrogen and oxygen atoms in total. The van der Waals surface area contributed by atoms with Crippen molar-refractivity contribution in [2.45, 2.75) is 0 Å². The Morgan fingerprint density at radius 1 is 1.22 bits per heavy atom. The molecule has 18 heavy (non-hydrogen) atoms. The molecule has 0 aliphatic carbocycles. The summed E-state index contributed by atoms with van der Waals surface area (Å²) in [7, 11) is 0. The molecular formula is C11H12BrNO3S2. The number of anilines is 1. The zero-order valence-electron chi connectivity index (χ0n) is 9.43. The van der Waals surface area contributed by atoms with Crippen molar-refractivity contribution >= 4 is 58.2 Å². The number of fused-ring (bicyclic) bond motifs is 1. The molecule has 7 heteroatoms. The van der Waals surface area contributed by atoms with Crippen molar-refractivity contribution in [2.75, 3.05) is 29.5 Å². The van der Waals surface area contributed by atoms with E-state index in [0.717, 1.165) is 0 Å². The predicted molar refractivity (Wildman–Crippen MR) is 82.4 cm³/mol. The zero-order valence-corrected chi connectivity index (χ0v) is 12.8. The van der Waals surface area contributed by atoms with Crippen LogP contribution in [-0.2, 0) is 0 Å². The molecule has 0 radical (unpaired) electrons. The van der Waals surface area contributed by atoms with Crippen LogP contribution in [0.3, 0.4) is 0 Å². The summed E-state index contributed by atoms with van der Waals surface area (Å²) in [5, 5.41) is 0. The van der Waals surface area contributed by atoms with Crippen molar-refractivity contribution in [2.24, 2.45) is 0 Å². The quantitative estimate of drug-likeness (QED) is 0.814. The minimum Gasteiger partial charge on any atom is -0.456 e. The summed E-state index contributed by atoms with van der Waals surface area (Å²) >= 11 is 11.7. The minimum absolute atomic E-state index is 0.194. The van der Waals surface area contributed by atoms with E-state index in [2.05, 4.69) is 41.2 Å². The second-order valence-electron chi connectivity index (χ2n) is 3.63. The number of hydrogen-bond donors (Lipinski definition) is 2. The van der Waals surface area contributed by atoms with Crippen LogP contribution in [0.15, 0.2) is 30.4 Å².